The van der Waals surface area contributed by atoms with Gasteiger partial charge in [0.25, 0.3) is 5.91 Å². The van der Waals surface area contributed by atoms with Gasteiger partial charge >= 0.3 is 5.97 Å². The molecule has 0 radical (unpaired) electrons. The quantitative estimate of drug-likeness (QED) is 0.460. The van der Waals surface area contributed by atoms with E-state index in [1.807, 2.05) is 18.2 Å². The number of halogens is 1. The largest absolute Gasteiger partial charge is 0.449 e. The average Bonchev–Trinajstić information content (AvgIpc) is 3.37. The van der Waals surface area contributed by atoms with Gasteiger partial charge in [-0.25, -0.2) is 14.8 Å². The molecule has 0 spiro atoms. The molecule has 1 atom stereocenters. The number of ether oxygens (including phenoxy) is 1. The number of esters is 1. The monoisotopic (exact) mass is 427 g/mol. The van der Waals surface area contributed by atoms with E-state index in [0.717, 1.165) is 5.56 Å². The van der Waals surface area contributed by atoms with Crippen LogP contribution >= 0.6 is 22.9 Å². The number of anilines is 1. The Bertz CT molecular complexity index is 1200. The summed E-state index contributed by atoms with van der Waals surface area (Å²) in [5.74, 6) is -1.12. The fourth-order valence-corrected chi connectivity index (χ4v) is 3.54. The van der Waals surface area contributed by atoms with Gasteiger partial charge in [0.05, 0.1) is 11.3 Å². The molecule has 146 valence electrons. The first-order valence-corrected chi connectivity index (χ1v) is 9.82. The van der Waals surface area contributed by atoms with Crippen LogP contribution in [0.5, 0.6) is 0 Å². The number of rotatable bonds is 5. The summed E-state index contributed by atoms with van der Waals surface area (Å²) in [6, 6.07) is 12.0. The number of thiazole rings is 1. The molecule has 4 rings (SSSR count). The third-order valence-electron chi connectivity index (χ3n) is 4.10. The molecule has 4 aromatic rings. The van der Waals surface area contributed by atoms with Crippen LogP contribution in [0.15, 0.2) is 58.7 Å². The number of benzene rings is 2. The minimum absolute atomic E-state index is 0.279. The van der Waals surface area contributed by atoms with Gasteiger partial charge in [0.2, 0.25) is 0 Å². The first-order chi connectivity index (χ1) is 14.0. The number of nitrogens with one attached hydrogen (secondary N) is 1. The first-order valence-electron chi connectivity index (χ1n) is 8.57. The van der Waals surface area contributed by atoms with E-state index in [0.29, 0.717) is 26.9 Å². The molecule has 0 saturated heterocycles. The maximum Gasteiger partial charge on any atom is 0.338 e. The number of amides is 1. The molecule has 0 saturated carbocycles. The van der Waals surface area contributed by atoms with Crippen LogP contribution in [0.1, 0.15) is 17.3 Å². The highest BCUT2D eigenvalue weighted by atomic mass is 35.5. The molecule has 0 aliphatic heterocycles. The normalized spacial score (nSPS) is 11.9. The molecule has 0 aliphatic rings. The zero-order valence-electron chi connectivity index (χ0n) is 15.1. The second-order valence-electron chi connectivity index (χ2n) is 6.09. The van der Waals surface area contributed by atoms with Crippen molar-refractivity contribution >= 4 is 51.0 Å². The number of nitrogens with zero attached hydrogens (tertiary/aromatic N) is 2. The number of carbonyl (C=O) groups excluding carboxylic acids is 2. The Morgan fingerprint density at radius 3 is 2.90 bits per heavy atom. The van der Waals surface area contributed by atoms with Crippen molar-refractivity contribution in [3.05, 3.63) is 64.8 Å². The number of hydrogen-bond acceptors (Lipinski definition) is 7. The molecule has 9 heteroatoms. The summed E-state index contributed by atoms with van der Waals surface area (Å²) in [7, 11) is 0. The maximum atomic E-state index is 12.4. The molecular weight excluding hydrogens is 414 g/mol. The number of oxazole rings is 1. The number of hydrogen-bond donors (Lipinski definition) is 1. The summed E-state index contributed by atoms with van der Waals surface area (Å²) in [4.78, 5) is 33.1. The van der Waals surface area contributed by atoms with E-state index >= 15 is 0 Å². The number of fused-ring (bicyclic) bond motifs is 1. The van der Waals surface area contributed by atoms with E-state index in [1.54, 1.807) is 29.6 Å². The predicted octanol–water partition coefficient (Wildman–Crippen LogP) is 4.79. The highest BCUT2D eigenvalue weighted by Gasteiger charge is 2.21. The summed E-state index contributed by atoms with van der Waals surface area (Å²) in [5.41, 5.74) is 2.80. The standard InChI is InChI=1S/C20H14ClN3O4S/c1-11(28-19(26)12-6-7-17-15(8-12)22-10-27-17)18(25)24-20-23-16(9-29-20)13-4-2-3-5-14(13)21/h2-11H,1H3,(H,23,24,25). The molecule has 1 N–H and O–H groups in total. The lowest BCUT2D eigenvalue weighted by Gasteiger charge is -2.12. The van der Waals surface area contributed by atoms with Crippen molar-refractivity contribution in [2.24, 2.45) is 0 Å². The zero-order chi connectivity index (χ0) is 20.4. The maximum absolute atomic E-state index is 12.4. The van der Waals surface area contributed by atoms with Crippen LogP contribution in [0.3, 0.4) is 0 Å². The zero-order valence-corrected chi connectivity index (χ0v) is 16.7. The Morgan fingerprint density at radius 1 is 1.24 bits per heavy atom. The Labute approximate surface area is 174 Å². The van der Waals surface area contributed by atoms with Crippen molar-refractivity contribution in [1.29, 1.82) is 0 Å². The van der Waals surface area contributed by atoms with Crippen LogP contribution in [-0.4, -0.2) is 27.9 Å². The topological polar surface area (TPSA) is 94.3 Å². The van der Waals surface area contributed by atoms with Crippen LogP contribution in [0.4, 0.5) is 5.13 Å². The summed E-state index contributed by atoms with van der Waals surface area (Å²) in [5, 5.41) is 5.40. The van der Waals surface area contributed by atoms with E-state index in [4.69, 9.17) is 20.8 Å². The lowest BCUT2D eigenvalue weighted by Crippen LogP contribution is -2.29. The highest BCUT2D eigenvalue weighted by Crippen LogP contribution is 2.30. The molecular formula is C20H14ClN3O4S. The third kappa shape index (κ3) is 4.13. The van der Waals surface area contributed by atoms with Gasteiger partial charge in [-0.1, -0.05) is 29.8 Å². The van der Waals surface area contributed by atoms with Gasteiger partial charge in [-0.2, -0.15) is 0 Å². The molecule has 29 heavy (non-hydrogen) atoms. The van der Waals surface area contributed by atoms with Gasteiger partial charge in [0.1, 0.15) is 5.52 Å². The minimum Gasteiger partial charge on any atom is -0.449 e. The van der Waals surface area contributed by atoms with Crippen molar-refractivity contribution in [3.63, 3.8) is 0 Å². The van der Waals surface area contributed by atoms with E-state index in [1.165, 1.54) is 24.7 Å². The third-order valence-corrected chi connectivity index (χ3v) is 5.19. The second-order valence-corrected chi connectivity index (χ2v) is 7.35. The average molecular weight is 428 g/mol. The first kappa shape index (κ1) is 19.1. The predicted molar refractivity (Wildman–Crippen MR) is 110 cm³/mol. The highest BCUT2D eigenvalue weighted by molar-refractivity contribution is 7.14. The molecule has 0 fully saturated rings. The Kier molecular flexibility index (Phi) is 5.28. The SMILES string of the molecule is CC(OC(=O)c1ccc2ocnc2c1)C(=O)Nc1nc(-c2ccccc2Cl)cs1. The molecule has 2 aromatic carbocycles. The van der Waals surface area contributed by atoms with Gasteiger partial charge in [-0.05, 0) is 31.2 Å². The summed E-state index contributed by atoms with van der Waals surface area (Å²) in [6.45, 7) is 1.49. The fraction of sp³-hybridized carbons (Fsp3) is 0.100. The van der Waals surface area contributed by atoms with Crippen molar-refractivity contribution < 1.29 is 18.7 Å². The van der Waals surface area contributed by atoms with Gasteiger partial charge in [-0.3, -0.25) is 10.1 Å². The minimum atomic E-state index is -1.01. The Balaban J connectivity index is 1.40. The van der Waals surface area contributed by atoms with Crippen molar-refractivity contribution in [2.45, 2.75) is 13.0 Å². The summed E-state index contributed by atoms with van der Waals surface area (Å²) < 4.78 is 10.4. The van der Waals surface area contributed by atoms with E-state index in [9.17, 15) is 9.59 Å². The van der Waals surface area contributed by atoms with Gasteiger partial charge in [0, 0.05) is 16.0 Å². The smallest absolute Gasteiger partial charge is 0.338 e. The van der Waals surface area contributed by atoms with Gasteiger partial charge < -0.3 is 9.15 Å². The van der Waals surface area contributed by atoms with E-state index in [-0.39, 0.29) is 5.56 Å². The lowest BCUT2D eigenvalue weighted by molar-refractivity contribution is -0.123. The second kappa shape index (κ2) is 8.02. The van der Waals surface area contributed by atoms with Crippen molar-refractivity contribution in [1.82, 2.24) is 9.97 Å². The Morgan fingerprint density at radius 2 is 2.07 bits per heavy atom. The number of carbonyl (C=O) groups is 2. The van der Waals surface area contributed by atoms with Gasteiger partial charge in [0.15, 0.2) is 23.2 Å². The Hall–Kier alpha value is -3.23. The van der Waals surface area contributed by atoms with Crippen molar-refractivity contribution in [3.8, 4) is 11.3 Å². The molecule has 2 heterocycles. The van der Waals surface area contributed by atoms with Crippen LogP contribution in [0.2, 0.25) is 5.02 Å². The van der Waals surface area contributed by atoms with Crippen LogP contribution in [-0.2, 0) is 9.53 Å². The molecule has 1 amide bonds. The summed E-state index contributed by atoms with van der Waals surface area (Å²) in [6.07, 6.45) is 0.281. The van der Waals surface area contributed by atoms with E-state index < -0.39 is 18.0 Å². The molecule has 0 bridgehead atoms. The molecule has 2 aromatic heterocycles. The number of aromatic nitrogens is 2. The summed E-state index contributed by atoms with van der Waals surface area (Å²) >= 11 is 7.43. The van der Waals surface area contributed by atoms with E-state index in [2.05, 4.69) is 15.3 Å². The fourth-order valence-electron chi connectivity index (χ4n) is 2.60. The van der Waals surface area contributed by atoms with Crippen LogP contribution in [0, 0.1) is 0 Å². The van der Waals surface area contributed by atoms with Crippen LogP contribution < -0.4 is 5.32 Å². The van der Waals surface area contributed by atoms with Gasteiger partial charge in [-0.15, -0.1) is 11.3 Å². The molecule has 1 unspecified atom stereocenters. The lowest BCUT2D eigenvalue weighted by atomic mass is 10.2. The van der Waals surface area contributed by atoms with Crippen LogP contribution in [0.25, 0.3) is 22.4 Å². The molecule has 0 aliphatic carbocycles. The van der Waals surface area contributed by atoms with Crippen molar-refractivity contribution in [2.75, 3.05) is 5.32 Å². The molecule has 7 nitrogen and oxygen atoms in total.